The van der Waals surface area contributed by atoms with E-state index in [1.54, 1.807) is 58.0 Å². The van der Waals surface area contributed by atoms with Crippen molar-refractivity contribution in [1.29, 1.82) is 0 Å². The number of sulfonamides is 1. The van der Waals surface area contributed by atoms with Gasteiger partial charge in [-0.05, 0) is 63.6 Å². The third-order valence-electron chi connectivity index (χ3n) is 3.73. The minimum atomic E-state index is -3.90. The maximum Gasteiger partial charge on any atom is 0.266 e. The molecule has 25 heavy (non-hydrogen) atoms. The molecule has 2 aromatic rings. The number of hydrogen-bond acceptors (Lipinski definition) is 3. The summed E-state index contributed by atoms with van der Waals surface area (Å²) in [5.74, 6) is 0. The lowest BCUT2D eigenvalue weighted by atomic mass is 9.98. The highest BCUT2D eigenvalue weighted by Gasteiger charge is 2.30. The Hall–Kier alpha value is -1.27. The molecule has 0 aliphatic heterocycles. The SMILES string of the molecule is CC(C)N(c1ccc(C(C)(C)O)cc1)S(=O)(=O)c1cc(Cl)ccc1Cl. The molecular formula is C18H21Cl2NO3S. The summed E-state index contributed by atoms with van der Waals surface area (Å²) in [5, 5.41) is 10.5. The molecule has 0 saturated heterocycles. The maximum absolute atomic E-state index is 13.2. The van der Waals surface area contributed by atoms with Crippen molar-refractivity contribution in [2.75, 3.05) is 4.31 Å². The fourth-order valence-corrected chi connectivity index (χ4v) is 4.91. The van der Waals surface area contributed by atoms with Gasteiger partial charge in [0.25, 0.3) is 10.0 Å². The topological polar surface area (TPSA) is 57.6 Å². The Labute approximate surface area is 159 Å². The van der Waals surface area contributed by atoms with Crippen LogP contribution in [0.4, 0.5) is 5.69 Å². The minimum absolute atomic E-state index is 0.0399. The van der Waals surface area contributed by atoms with E-state index < -0.39 is 15.6 Å². The summed E-state index contributed by atoms with van der Waals surface area (Å²) in [5.41, 5.74) is 0.174. The Morgan fingerprint density at radius 2 is 1.60 bits per heavy atom. The molecule has 0 aromatic heterocycles. The van der Waals surface area contributed by atoms with Gasteiger partial charge in [-0.15, -0.1) is 0 Å². The number of nitrogens with zero attached hydrogens (tertiary/aromatic N) is 1. The van der Waals surface area contributed by atoms with Crippen LogP contribution < -0.4 is 4.31 Å². The molecule has 0 aliphatic carbocycles. The lowest BCUT2D eigenvalue weighted by Crippen LogP contribution is -2.37. The molecule has 136 valence electrons. The van der Waals surface area contributed by atoms with Crippen LogP contribution in [-0.4, -0.2) is 19.6 Å². The highest BCUT2D eigenvalue weighted by Crippen LogP contribution is 2.33. The van der Waals surface area contributed by atoms with E-state index >= 15 is 0 Å². The Morgan fingerprint density at radius 3 is 2.08 bits per heavy atom. The van der Waals surface area contributed by atoms with Crippen molar-refractivity contribution in [3.63, 3.8) is 0 Å². The summed E-state index contributed by atoms with van der Waals surface area (Å²) < 4.78 is 27.6. The van der Waals surface area contributed by atoms with Crippen LogP contribution in [0, 0.1) is 0 Å². The van der Waals surface area contributed by atoms with Gasteiger partial charge in [0.2, 0.25) is 0 Å². The lowest BCUT2D eigenvalue weighted by molar-refractivity contribution is 0.0786. The van der Waals surface area contributed by atoms with E-state index in [1.165, 1.54) is 16.4 Å². The van der Waals surface area contributed by atoms with Crippen LogP contribution in [0.2, 0.25) is 10.0 Å². The van der Waals surface area contributed by atoms with Crippen LogP contribution in [0.1, 0.15) is 33.3 Å². The van der Waals surface area contributed by atoms with Gasteiger partial charge in [0.05, 0.1) is 16.3 Å². The van der Waals surface area contributed by atoms with Crippen molar-refractivity contribution in [2.24, 2.45) is 0 Å². The summed E-state index contributed by atoms with van der Waals surface area (Å²) in [6.07, 6.45) is 0. The first-order valence-corrected chi connectivity index (χ1v) is 9.96. The number of rotatable bonds is 5. The number of halogens is 2. The van der Waals surface area contributed by atoms with Gasteiger partial charge >= 0.3 is 0 Å². The van der Waals surface area contributed by atoms with Crippen molar-refractivity contribution in [3.8, 4) is 0 Å². The Balaban J connectivity index is 2.56. The van der Waals surface area contributed by atoms with E-state index in [9.17, 15) is 13.5 Å². The summed E-state index contributed by atoms with van der Waals surface area (Å²) in [6.45, 7) is 6.90. The molecule has 0 aliphatic rings. The van der Waals surface area contributed by atoms with E-state index in [-0.39, 0.29) is 16.0 Å². The minimum Gasteiger partial charge on any atom is -0.386 e. The molecule has 0 fully saturated rings. The van der Waals surface area contributed by atoms with Gasteiger partial charge in [0, 0.05) is 11.1 Å². The Morgan fingerprint density at radius 1 is 1.04 bits per heavy atom. The smallest absolute Gasteiger partial charge is 0.266 e. The standard InChI is InChI=1S/C18H21Cl2NO3S/c1-12(2)21(15-8-5-13(6-9-15)18(3,4)22)25(23,24)17-11-14(19)7-10-16(17)20/h5-12,22H,1-4H3. The normalized spacial score (nSPS) is 12.5. The van der Waals surface area contributed by atoms with Crippen LogP contribution in [0.3, 0.4) is 0 Å². The van der Waals surface area contributed by atoms with Crippen molar-refractivity contribution in [2.45, 2.75) is 44.2 Å². The number of aliphatic hydroxyl groups is 1. The summed E-state index contributed by atoms with van der Waals surface area (Å²) in [7, 11) is -3.90. The van der Waals surface area contributed by atoms with Gasteiger partial charge in [0.15, 0.2) is 0 Å². The van der Waals surface area contributed by atoms with E-state index in [4.69, 9.17) is 23.2 Å². The number of hydrogen-bond donors (Lipinski definition) is 1. The largest absolute Gasteiger partial charge is 0.386 e. The molecule has 0 saturated carbocycles. The Bertz CT molecular complexity index is 857. The molecular weight excluding hydrogens is 381 g/mol. The molecule has 0 amide bonds. The van der Waals surface area contributed by atoms with Crippen molar-refractivity contribution in [3.05, 3.63) is 58.1 Å². The summed E-state index contributed by atoms with van der Waals surface area (Å²) in [6, 6.07) is 10.8. The van der Waals surface area contributed by atoms with Gasteiger partial charge in [-0.25, -0.2) is 8.42 Å². The van der Waals surface area contributed by atoms with Crippen molar-refractivity contribution in [1.82, 2.24) is 0 Å². The molecule has 0 atom stereocenters. The molecule has 0 bridgehead atoms. The number of anilines is 1. The van der Waals surface area contributed by atoms with Crippen molar-refractivity contribution < 1.29 is 13.5 Å². The van der Waals surface area contributed by atoms with Gasteiger partial charge in [-0.1, -0.05) is 35.3 Å². The van der Waals surface area contributed by atoms with Crippen LogP contribution >= 0.6 is 23.2 Å². The van der Waals surface area contributed by atoms with Crippen molar-refractivity contribution >= 4 is 38.9 Å². The van der Waals surface area contributed by atoms with Gasteiger partial charge in [-0.3, -0.25) is 4.31 Å². The second kappa shape index (κ2) is 7.16. The molecule has 7 heteroatoms. The first-order valence-electron chi connectivity index (χ1n) is 7.77. The van der Waals surface area contributed by atoms with E-state index in [0.29, 0.717) is 16.3 Å². The maximum atomic E-state index is 13.2. The van der Waals surface area contributed by atoms with Gasteiger partial charge in [0.1, 0.15) is 4.90 Å². The fraction of sp³-hybridized carbons (Fsp3) is 0.333. The highest BCUT2D eigenvalue weighted by atomic mass is 35.5. The quantitative estimate of drug-likeness (QED) is 0.780. The highest BCUT2D eigenvalue weighted by molar-refractivity contribution is 7.93. The van der Waals surface area contributed by atoms with Gasteiger partial charge < -0.3 is 5.11 Å². The zero-order valence-corrected chi connectivity index (χ0v) is 16.8. The lowest BCUT2D eigenvalue weighted by Gasteiger charge is -2.29. The average Bonchev–Trinajstić information content (AvgIpc) is 2.48. The second-order valence-corrected chi connectivity index (χ2v) is 9.20. The van der Waals surface area contributed by atoms with E-state index in [0.717, 1.165) is 0 Å². The number of benzene rings is 2. The third-order valence-corrected chi connectivity index (χ3v) is 6.45. The molecule has 0 unspecified atom stereocenters. The Kier molecular flexibility index (Phi) is 5.74. The molecule has 0 spiro atoms. The second-order valence-electron chi connectivity index (χ2n) is 6.58. The zero-order chi connectivity index (χ0) is 19.0. The van der Waals surface area contributed by atoms with Crippen LogP contribution in [0.25, 0.3) is 0 Å². The monoisotopic (exact) mass is 401 g/mol. The van der Waals surface area contributed by atoms with E-state index in [1.807, 2.05) is 0 Å². The molecule has 1 N–H and O–H groups in total. The summed E-state index contributed by atoms with van der Waals surface area (Å²) >= 11 is 12.1. The zero-order valence-electron chi connectivity index (χ0n) is 14.5. The third kappa shape index (κ3) is 4.29. The van der Waals surface area contributed by atoms with E-state index in [2.05, 4.69) is 0 Å². The first-order chi connectivity index (χ1) is 11.4. The van der Waals surface area contributed by atoms with Crippen LogP contribution in [0.5, 0.6) is 0 Å². The predicted octanol–water partition coefficient (Wildman–Crippen LogP) is 4.82. The van der Waals surface area contributed by atoms with Gasteiger partial charge in [-0.2, -0.15) is 0 Å². The summed E-state index contributed by atoms with van der Waals surface area (Å²) in [4.78, 5) is -0.0399. The predicted molar refractivity (Wildman–Crippen MR) is 103 cm³/mol. The average molecular weight is 402 g/mol. The van der Waals surface area contributed by atoms with Crippen LogP contribution in [-0.2, 0) is 15.6 Å². The molecule has 2 rings (SSSR count). The molecule has 2 aromatic carbocycles. The molecule has 4 nitrogen and oxygen atoms in total. The molecule has 0 radical (unpaired) electrons. The molecule has 0 heterocycles. The first kappa shape index (κ1) is 20.0. The fourth-order valence-electron chi connectivity index (χ4n) is 2.51. The van der Waals surface area contributed by atoms with Crippen LogP contribution in [0.15, 0.2) is 47.4 Å².